The van der Waals surface area contributed by atoms with Crippen LogP contribution in [0.25, 0.3) is 27.9 Å². The maximum absolute atomic E-state index is 15.5. The molecule has 37 heavy (non-hydrogen) atoms. The molecule has 1 saturated carbocycles. The van der Waals surface area contributed by atoms with Gasteiger partial charge in [-0.2, -0.15) is 5.10 Å². The first-order valence-electron chi connectivity index (χ1n) is 13.4. The summed E-state index contributed by atoms with van der Waals surface area (Å²) in [7, 11) is 1.63. The molecule has 3 aliphatic rings. The highest BCUT2D eigenvalue weighted by Crippen LogP contribution is 2.44. The van der Waals surface area contributed by atoms with Crippen molar-refractivity contribution in [2.45, 2.75) is 57.4 Å². The van der Waals surface area contributed by atoms with Crippen molar-refractivity contribution in [3.05, 3.63) is 41.7 Å². The summed E-state index contributed by atoms with van der Waals surface area (Å²) in [4.78, 5) is 15.4. The van der Waals surface area contributed by atoms with Crippen molar-refractivity contribution in [1.29, 1.82) is 0 Å². The van der Waals surface area contributed by atoms with Crippen LogP contribution in [0.4, 0.5) is 4.39 Å². The van der Waals surface area contributed by atoms with E-state index in [4.69, 9.17) is 14.5 Å². The Kier molecular flexibility index (Phi) is 5.30. The Morgan fingerprint density at radius 2 is 1.95 bits per heavy atom. The fourth-order valence-corrected chi connectivity index (χ4v) is 6.74. The monoisotopic (exact) mass is 504 g/mol. The lowest BCUT2D eigenvalue weighted by Crippen LogP contribution is -2.68. The zero-order valence-electron chi connectivity index (χ0n) is 21.6. The van der Waals surface area contributed by atoms with Crippen LogP contribution in [-0.4, -0.2) is 68.9 Å². The number of ether oxygens (including phenoxy) is 2. The third-order valence-electron chi connectivity index (χ3n) is 8.71. The molecule has 194 valence electrons. The number of hydrogen-bond acceptors (Lipinski definition) is 6. The van der Waals surface area contributed by atoms with Gasteiger partial charge in [-0.1, -0.05) is 13.8 Å². The second kappa shape index (κ2) is 8.49. The Morgan fingerprint density at radius 1 is 1.16 bits per heavy atom. The van der Waals surface area contributed by atoms with Crippen molar-refractivity contribution in [2.75, 3.05) is 33.4 Å². The molecule has 0 aromatic carbocycles. The number of halogens is 1. The largest absolute Gasteiger partial charge is 0.493 e. The average Bonchev–Trinajstić information content (AvgIpc) is 3.46. The summed E-state index contributed by atoms with van der Waals surface area (Å²) >= 11 is 0. The molecule has 0 amide bonds. The van der Waals surface area contributed by atoms with E-state index in [0.29, 0.717) is 28.5 Å². The second-order valence-electron chi connectivity index (χ2n) is 11.5. The zero-order chi connectivity index (χ0) is 25.3. The number of aromatic nitrogens is 5. The number of H-pyrrole nitrogens is 1. The van der Waals surface area contributed by atoms with Crippen LogP contribution in [0.3, 0.4) is 0 Å². The van der Waals surface area contributed by atoms with E-state index in [-0.39, 0.29) is 17.7 Å². The molecule has 8 nitrogen and oxygen atoms in total. The summed E-state index contributed by atoms with van der Waals surface area (Å²) in [5, 5.41) is 4.30. The highest BCUT2D eigenvalue weighted by Gasteiger charge is 2.51. The molecule has 2 aliphatic heterocycles. The minimum Gasteiger partial charge on any atom is -0.493 e. The standard InChI is InChI=1S/C28H33FN6O2/c1-16(2)23-25(18-8-22(36-3)27-30-15-31-35(27)10-18)32-21-9-20(29)24(33-26(21)23)17-4-6-19(7-5-17)34-11-28(12-34)13-37-14-28/h8-10,15-17,19,32H,4-7,11-14H2,1-3H3. The summed E-state index contributed by atoms with van der Waals surface area (Å²) < 4.78 is 28.2. The summed E-state index contributed by atoms with van der Waals surface area (Å²) in [6, 6.07) is 4.20. The van der Waals surface area contributed by atoms with Crippen LogP contribution in [0.2, 0.25) is 0 Å². The van der Waals surface area contributed by atoms with Crippen molar-refractivity contribution in [2.24, 2.45) is 5.41 Å². The number of hydrogen-bond donors (Lipinski definition) is 1. The maximum atomic E-state index is 15.5. The van der Waals surface area contributed by atoms with Gasteiger partial charge in [-0.25, -0.2) is 18.9 Å². The Balaban J connectivity index is 1.20. The molecule has 0 bridgehead atoms. The molecule has 1 spiro atoms. The van der Waals surface area contributed by atoms with Gasteiger partial charge in [0.1, 0.15) is 12.1 Å². The van der Waals surface area contributed by atoms with Gasteiger partial charge in [0, 0.05) is 53.9 Å². The molecule has 1 aliphatic carbocycles. The molecule has 1 N–H and O–H groups in total. The fourth-order valence-electron chi connectivity index (χ4n) is 6.74. The van der Waals surface area contributed by atoms with Crippen LogP contribution in [0.5, 0.6) is 5.75 Å². The molecular formula is C28H33FN6O2. The van der Waals surface area contributed by atoms with Crippen molar-refractivity contribution < 1.29 is 13.9 Å². The molecule has 2 saturated heterocycles. The van der Waals surface area contributed by atoms with Gasteiger partial charge in [-0.05, 0) is 37.7 Å². The van der Waals surface area contributed by atoms with Crippen LogP contribution in [0.1, 0.15) is 62.6 Å². The minimum atomic E-state index is -0.210. The summed E-state index contributed by atoms with van der Waals surface area (Å²) in [5.41, 5.74) is 6.20. The van der Waals surface area contributed by atoms with E-state index in [2.05, 4.69) is 33.8 Å². The van der Waals surface area contributed by atoms with Crippen LogP contribution in [0.15, 0.2) is 24.7 Å². The Bertz CT molecular complexity index is 1470. The Morgan fingerprint density at radius 3 is 2.62 bits per heavy atom. The molecule has 9 heteroatoms. The molecule has 3 fully saturated rings. The number of aromatic amines is 1. The summed E-state index contributed by atoms with van der Waals surface area (Å²) in [6.07, 6.45) is 7.61. The third-order valence-corrected chi connectivity index (χ3v) is 8.71. The normalized spacial score (nSPS) is 23.6. The van der Waals surface area contributed by atoms with E-state index in [1.807, 2.05) is 12.3 Å². The van der Waals surface area contributed by atoms with Crippen LogP contribution in [0, 0.1) is 11.2 Å². The number of methoxy groups -OCH3 is 1. The molecule has 4 aromatic rings. The van der Waals surface area contributed by atoms with Crippen LogP contribution < -0.4 is 4.74 Å². The SMILES string of the molecule is COc1cc(-c2[nH]c3cc(F)c(C4CCC(N5CC6(COC6)C5)CC4)nc3c2C(C)C)cn2ncnc12. The van der Waals surface area contributed by atoms with Gasteiger partial charge in [0.2, 0.25) is 0 Å². The molecule has 7 rings (SSSR count). The van der Waals surface area contributed by atoms with E-state index in [1.54, 1.807) is 17.7 Å². The molecule has 6 heterocycles. The van der Waals surface area contributed by atoms with Gasteiger partial charge in [0.15, 0.2) is 11.4 Å². The number of rotatable bonds is 5. The number of pyridine rings is 2. The highest BCUT2D eigenvalue weighted by molar-refractivity contribution is 5.89. The first-order valence-corrected chi connectivity index (χ1v) is 13.4. The molecule has 0 radical (unpaired) electrons. The van der Waals surface area contributed by atoms with Crippen molar-refractivity contribution >= 4 is 16.7 Å². The molecule has 0 unspecified atom stereocenters. The van der Waals surface area contributed by atoms with Gasteiger partial charge in [-0.15, -0.1) is 0 Å². The highest BCUT2D eigenvalue weighted by atomic mass is 19.1. The maximum Gasteiger partial charge on any atom is 0.197 e. The average molecular weight is 505 g/mol. The fraction of sp³-hybridized carbons (Fsp3) is 0.536. The van der Waals surface area contributed by atoms with Gasteiger partial charge in [0.25, 0.3) is 0 Å². The van der Waals surface area contributed by atoms with Crippen LogP contribution >= 0.6 is 0 Å². The van der Waals surface area contributed by atoms with Gasteiger partial charge in [0.05, 0.1) is 42.7 Å². The van der Waals surface area contributed by atoms with Gasteiger partial charge >= 0.3 is 0 Å². The van der Waals surface area contributed by atoms with E-state index >= 15 is 4.39 Å². The quantitative estimate of drug-likeness (QED) is 0.416. The first-order chi connectivity index (χ1) is 17.9. The van der Waals surface area contributed by atoms with E-state index in [0.717, 1.165) is 79.8 Å². The van der Waals surface area contributed by atoms with Crippen molar-refractivity contribution in [3.63, 3.8) is 0 Å². The zero-order valence-corrected chi connectivity index (χ0v) is 21.6. The number of fused-ring (bicyclic) bond motifs is 2. The number of nitrogens with one attached hydrogen (secondary N) is 1. The minimum absolute atomic E-state index is 0.160. The first kappa shape index (κ1) is 23.1. The summed E-state index contributed by atoms with van der Waals surface area (Å²) in [5.74, 6) is 0.778. The van der Waals surface area contributed by atoms with E-state index < -0.39 is 0 Å². The summed E-state index contributed by atoms with van der Waals surface area (Å²) in [6.45, 7) is 8.47. The van der Waals surface area contributed by atoms with Crippen molar-refractivity contribution in [3.8, 4) is 17.0 Å². The second-order valence-corrected chi connectivity index (χ2v) is 11.5. The van der Waals surface area contributed by atoms with Crippen molar-refractivity contribution in [1.82, 2.24) is 29.5 Å². The van der Waals surface area contributed by atoms with Gasteiger partial charge in [-0.3, -0.25) is 4.90 Å². The Labute approximate surface area is 215 Å². The Hall–Kier alpha value is -3.04. The van der Waals surface area contributed by atoms with E-state index in [1.165, 1.54) is 6.33 Å². The lowest BCUT2D eigenvalue weighted by molar-refractivity contribution is -0.200. The third kappa shape index (κ3) is 3.66. The predicted molar refractivity (Wildman–Crippen MR) is 138 cm³/mol. The lowest BCUT2D eigenvalue weighted by Gasteiger charge is -2.58. The molecule has 0 atom stereocenters. The number of nitrogens with zero attached hydrogens (tertiary/aromatic N) is 5. The molecular weight excluding hydrogens is 471 g/mol. The number of likely N-dealkylation sites (tertiary alicyclic amines) is 1. The molecule has 4 aromatic heterocycles. The van der Waals surface area contributed by atoms with Crippen LogP contribution in [-0.2, 0) is 4.74 Å². The lowest BCUT2D eigenvalue weighted by atomic mass is 9.74. The van der Waals surface area contributed by atoms with Gasteiger partial charge < -0.3 is 14.5 Å². The van der Waals surface area contributed by atoms with E-state index in [9.17, 15) is 0 Å². The topological polar surface area (TPSA) is 80.6 Å². The smallest absolute Gasteiger partial charge is 0.197 e. The predicted octanol–water partition coefficient (Wildman–Crippen LogP) is 4.90.